The first-order valence-electron chi connectivity index (χ1n) is 9.82. The number of nitrogens with two attached hydrogens (primary N) is 1. The average Bonchev–Trinajstić information content (AvgIpc) is 3.08. The van der Waals surface area contributed by atoms with Gasteiger partial charge in [-0.25, -0.2) is 4.39 Å². The van der Waals surface area contributed by atoms with Crippen molar-refractivity contribution in [2.45, 2.75) is 45.2 Å². The molecule has 3 rings (SSSR count). The Morgan fingerprint density at radius 3 is 2.41 bits per heavy atom. The maximum atomic E-state index is 13.9. The first-order valence-corrected chi connectivity index (χ1v) is 9.82. The number of anilines is 1. The Labute approximate surface area is 192 Å². The lowest BCUT2D eigenvalue weighted by atomic mass is 10.0. The lowest BCUT2D eigenvalue weighted by Crippen LogP contribution is -2.46. The molecule has 1 saturated carbocycles. The quantitative estimate of drug-likeness (QED) is 0.689. The van der Waals surface area contributed by atoms with E-state index in [1.807, 2.05) is 13.0 Å². The van der Waals surface area contributed by atoms with Crippen LogP contribution in [-0.2, 0) is 4.79 Å². The number of hydrogen-bond donors (Lipinski definition) is 2. The van der Waals surface area contributed by atoms with E-state index in [0.29, 0.717) is 0 Å². The number of likely N-dealkylation sites (N-methyl/N-ethyl adjacent to an activating group) is 1. The minimum absolute atomic E-state index is 0. The zero-order valence-corrected chi connectivity index (χ0v) is 19.6. The molecule has 1 amide bonds. The Morgan fingerprint density at radius 2 is 1.86 bits per heavy atom. The van der Waals surface area contributed by atoms with Gasteiger partial charge in [0.25, 0.3) is 0 Å². The topological polar surface area (TPSA) is 61.6 Å². The van der Waals surface area contributed by atoms with Gasteiger partial charge in [0, 0.05) is 43.5 Å². The van der Waals surface area contributed by atoms with Crippen LogP contribution in [0.3, 0.4) is 0 Å². The van der Waals surface area contributed by atoms with Gasteiger partial charge in [0.05, 0.1) is 12.0 Å². The molecule has 3 unspecified atom stereocenters. The fourth-order valence-electron chi connectivity index (χ4n) is 4.18. The van der Waals surface area contributed by atoms with E-state index in [1.165, 1.54) is 6.07 Å². The minimum atomic E-state index is -0.269. The smallest absolute Gasteiger partial charge is 0.225 e. The van der Waals surface area contributed by atoms with Crippen LogP contribution in [0.5, 0.6) is 0 Å². The Bertz CT molecular complexity index is 644. The SMILES string of the molecule is CCN1CCN(c2ccc(F)cc2C(C)NC(=O)C2CCCC2N)CC1.Cl.Cl.Cl. The summed E-state index contributed by atoms with van der Waals surface area (Å²) < 4.78 is 13.9. The number of benzene rings is 1. The molecule has 2 aliphatic rings. The monoisotopic (exact) mass is 470 g/mol. The zero-order chi connectivity index (χ0) is 18.7. The number of nitrogens with zero attached hydrogens (tertiary/aromatic N) is 2. The van der Waals surface area contributed by atoms with E-state index in [0.717, 1.165) is 63.2 Å². The molecule has 5 nitrogen and oxygen atoms in total. The standard InChI is InChI=1S/C20H31FN4O.3ClH/c1-3-24-9-11-25(12-10-24)19-8-7-15(21)13-17(19)14(2)23-20(26)16-5-4-6-18(16)22;;;/h7-8,13-14,16,18H,3-6,9-12,22H2,1-2H3,(H,23,26);3*1H. The van der Waals surface area contributed by atoms with Gasteiger partial charge in [-0.05, 0) is 44.5 Å². The van der Waals surface area contributed by atoms with Crippen LogP contribution in [0.2, 0.25) is 0 Å². The molecule has 29 heavy (non-hydrogen) atoms. The van der Waals surface area contributed by atoms with E-state index in [9.17, 15) is 9.18 Å². The summed E-state index contributed by atoms with van der Waals surface area (Å²) in [5.74, 6) is -0.398. The number of amides is 1. The Hall–Kier alpha value is -0.790. The number of carbonyl (C=O) groups excluding carboxylic acids is 1. The van der Waals surface area contributed by atoms with Crippen molar-refractivity contribution in [1.29, 1.82) is 0 Å². The van der Waals surface area contributed by atoms with Crippen molar-refractivity contribution in [2.75, 3.05) is 37.6 Å². The minimum Gasteiger partial charge on any atom is -0.369 e. The van der Waals surface area contributed by atoms with Crippen molar-refractivity contribution >= 4 is 48.8 Å². The van der Waals surface area contributed by atoms with Crippen molar-refractivity contribution in [3.05, 3.63) is 29.6 Å². The van der Waals surface area contributed by atoms with Gasteiger partial charge in [-0.1, -0.05) is 13.3 Å². The number of carbonyl (C=O) groups is 1. The molecule has 3 atom stereocenters. The lowest BCUT2D eigenvalue weighted by molar-refractivity contribution is -0.125. The van der Waals surface area contributed by atoms with Gasteiger partial charge in [0.15, 0.2) is 0 Å². The normalized spacial score (nSPS) is 22.7. The molecular formula is C20H34Cl3FN4O. The summed E-state index contributed by atoms with van der Waals surface area (Å²) in [7, 11) is 0. The molecule has 2 fully saturated rings. The van der Waals surface area contributed by atoms with Crippen molar-refractivity contribution in [1.82, 2.24) is 10.2 Å². The van der Waals surface area contributed by atoms with Crippen LogP contribution in [-0.4, -0.2) is 49.6 Å². The summed E-state index contributed by atoms with van der Waals surface area (Å²) in [4.78, 5) is 17.3. The van der Waals surface area contributed by atoms with Crippen LogP contribution in [0.1, 0.15) is 44.7 Å². The highest BCUT2D eigenvalue weighted by Crippen LogP contribution is 2.30. The van der Waals surface area contributed by atoms with Crippen molar-refractivity contribution < 1.29 is 9.18 Å². The van der Waals surface area contributed by atoms with E-state index in [2.05, 4.69) is 22.0 Å². The molecule has 0 spiro atoms. The Balaban J connectivity index is 0.00000261. The third kappa shape index (κ3) is 6.86. The predicted molar refractivity (Wildman–Crippen MR) is 124 cm³/mol. The second-order valence-electron chi connectivity index (χ2n) is 7.56. The fraction of sp³-hybridized carbons (Fsp3) is 0.650. The third-order valence-electron chi connectivity index (χ3n) is 5.88. The summed E-state index contributed by atoms with van der Waals surface area (Å²) in [6, 6.07) is 4.60. The molecule has 3 N–H and O–H groups in total. The summed E-state index contributed by atoms with van der Waals surface area (Å²) in [5, 5.41) is 3.07. The van der Waals surface area contributed by atoms with Crippen molar-refractivity contribution in [2.24, 2.45) is 11.7 Å². The molecule has 0 aromatic heterocycles. The molecule has 1 aromatic rings. The second-order valence-corrected chi connectivity index (χ2v) is 7.56. The Kier molecular flexibility index (Phi) is 12.5. The molecule has 0 bridgehead atoms. The van der Waals surface area contributed by atoms with Crippen LogP contribution in [0.15, 0.2) is 18.2 Å². The summed E-state index contributed by atoms with van der Waals surface area (Å²) >= 11 is 0. The van der Waals surface area contributed by atoms with Gasteiger partial charge in [-0.15, -0.1) is 37.2 Å². The predicted octanol–water partition coefficient (Wildman–Crippen LogP) is 3.54. The zero-order valence-electron chi connectivity index (χ0n) is 17.1. The molecule has 168 valence electrons. The molecule has 1 heterocycles. The molecule has 1 saturated heterocycles. The fourth-order valence-corrected chi connectivity index (χ4v) is 4.18. The summed E-state index contributed by atoms with van der Waals surface area (Å²) in [6.45, 7) is 9.00. The first-order chi connectivity index (χ1) is 12.5. The maximum absolute atomic E-state index is 13.9. The highest BCUT2D eigenvalue weighted by Gasteiger charge is 2.31. The maximum Gasteiger partial charge on any atom is 0.225 e. The van der Waals surface area contributed by atoms with E-state index >= 15 is 0 Å². The number of rotatable bonds is 5. The van der Waals surface area contributed by atoms with E-state index < -0.39 is 0 Å². The molecule has 1 aromatic carbocycles. The lowest BCUT2D eigenvalue weighted by Gasteiger charge is -2.37. The number of hydrogen-bond acceptors (Lipinski definition) is 4. The summed E-state index contributed by atoms with van der Waals surface area (Å²) in [6.07, 6.45) is 2.74. The van der Waals surface area contributed by atoms with Crippen LogP contribution in [0, 0.1) is 11.7 Å². The van der Waals surface area contributed by atoms with Crippen LogP contribution in [0.4, 0.5) is 10.1 Å². The van der Waals surface area contributed by atoms with Crippen LogP contribution >= 0.6 is 37.2 Å². The van der Waals surface area contributed by atoms with Crippen LogP contribution < -0.4 is 16.0 Å². The van der Waals surface area contributed by atoms with Gasteiger partial charge in [-0.2, -0.15) is 0 Å². The number of halogens is 4. The average molecular weight is 472 g/mol. The molecule has 0 radical (unpaired) electrons. The highest BCUT2D eigenvalue weighted by molar-refractivity contribution is 5.86. The highest BCUT2D eigenvalue weighted by atomic mass is 35.5. The van der Waals surface area contributed by atoms with Gasteiger partial charge < -0.3 is 20.9 Å². The van der Waals surface area contributed by atoms with Crippen LogP contribution in [0.25, 0.3) is 0 Å². The molecule has 1 aliphatic heterocycles. The summed E-state index contributed by atoms with van der Waals surface area (Å²) in [5.41, 5.74) is 7.92. The first kappa shape index (κ1) is 28.2. The molecular weight excluding hydrogens is 438 g/mol. The van der Waals surface area contributed by atoms with Gasteiger partial charge in [0.1, 0.15) is 5.82 Å². The Morgan fingerprint density at radius 1 is 1.21 bits per heavy atom. The van der Waals surface area contributed by atoms with Crippen molar-refractivity contribution in [3.8, 4) is 0 Å². The van der Waals surface area contributed by atoms with Gasteiger partial charge in [0.2, 0.25) is 5.91 Å². The third-order valence-corrected chi connectivity index (χ3v) is 5.88. The number of nitrogens with one attached hydrogen (secondary N) is 1. The number of piperazine rings is 1. The molecule has 9 heteroatoms. The van der Waals surface area contributed by atoms with E-state index in [1.54, 1.807) is 6.07 Å². The second kappa shape index (κ2) is 12.8. The van der Waals surface area contributed by atoms with Gasteiger partial charge in [-0.3, -0.25) is 4.79 Å². The van der Waals surface area contributed by atoms with E-state index in [4.69, 9.17) is 5.73 Å². The molecule has 1 aliphatic carbocycles. The van der Waals surface area contributed by atoms with E-state index in [-0.39, 0.29) is 66.9 Å². The largest absolute Gasteiger partial charge is 0.369 e. The van der Waals surface area contributed by atoms with Crippen molar-refractivity contribution in [3.63, 3.8) is 0 Å². The van der Waals surface area contributed by atoms with Gasteiger partial charge >= 0.3 is 0 Å².